The van der Waals surface area contributed by atoms with Crippen LogP contribution in [0.5, 0.6) is 5.88 Å². The number of rotatable bonds is 5. The van der Waals surface area contributed by atoms with Crippen LogP contribution < -0.4 is 10.5 Å². The molecule has 0 atom stereocenters. The summed E-state index contributed by atoms with van der Waals surface area (Å²) in [5.74, 6) is 0.0288. The van der Waals surface area contributed by atoms with Gasteiger partial charge < -0.3 is 10.5 Å². The molecular formula is C12H14N4O2S. The molecule has 0 unspecified atom stereocenters. The van der Waals surface area contributed by atoms with E-state index in [1.165, 1.54) is 17.7 Å². The van der Waals surface area contributed by atoms with Crippen LogP contribution in [0, 0.1) is 0 Å². The van der Waals surface area contributed by atoms with E-state index in [-0.39, 0.29) is 0 Å². The van der Waals surface area contributed by atoms with E-state index in [0.717, 1.165) is 0 Å². The fraction of sp³-hybridized carbons (Fsp3) is 0.333. The standard InChI is InChI=1S/C12H14N4O2S/c1-3-7-10(11(13)17)19-12(16-7)8-5-9(18-4-2)15-6-14-8/h5-6H,3-4H2,1-2H3,(H2,13,17). The third kappa shape index (κ3) is 2.87. The van der Waals surface area contributed by atoms with Gasteiger partial charge in [-0.1, -0.05) is 6.92 Å². The monoisotopic (exact) mass is 278 g/mol. The molecule has 0 aliphatic heterocycles. The molecular weight excluding hydrogens is 264 g/mol. The first-order valence-corrected chi connectivity index (χ1v) is 6.72. The Hall–Kier alpha value is -2.02. The van der Waals surface area contributed by atoms with Crippen molar-refractivity contribution in [1.29, 1.82) is 0 Å². The second-order valence-corrected chi connectivity index (χ2v) is 4.69. The summed E-state index contributed by atoms with van der Waals surface area (Å²) in [6, 6.07) is 1.70. The van der Waals surface area contributed by atoms with Crippen molar-refractivity contribution in [2.24, 2.45) is 5.73 Å². The molecule has 19 heavy (non-hydrogen) atoms. The van der Waals surface area contributed by atoms with Crippen LogP contribution in [-0.2, 0) is 6.42 Å². The van der Waals surface area contributed by atoms with Crippen molar-refractivity contribution in [3.05, 3.63) is 23.0 Å². The lowest BCUT2D eigenvalue weighted by molar-refractivity contribution is 0.100. The molecule has 0 saturated heterocycles. The van der Waals surface area contributed by atoms with Crippen LogP contribution in [0.1, 0.15) is 29.2 Å². The number of aromatic nitrogens is 3. The largest absolute Gasteiger partial charge is 0.478 e. The van der Waals surface area contributed by atoms with E-state index in [9.17, 15) is 4.79 Å². The molecule has 0 aromatic carbocycles. The molecule has 0 saturated carbocycles. The summed E-state index contributed by atoms with van der Waals surface area (Å²) in [5, 5.41) is 0.647. The minimum Gasteiger partial charge on any atom is -0.478 e. The van der Waals surface area contributed by atoms with Crippen molar-refractivity contribution >= 4 is 17.2 Å². The first-order valence-electron chi connectivity index (χ1n) is 5.90. The summed E-state index contributed by atoms with van der Waals surface area (Å²) in [5.41, 5.74) is 6.66. The second kappa shape index (κ2) is 5.75. The van der Waals surface area contributed by atoms with E-state index in [4.69, 9.17) is 10.5 Å². The lowest BCUT2D eigenvalue weighted by atomic mass is 10.3. The van der Waals surface area contributed by atoms with Gasteiger partial charge in [-0.05, 0) is 13.3 Å². The highest BCUT2D eigenvalue weighted by Gasteiger charge is 2.16. The third-order valence-corrected chi connectivity index (χ3v) is 3.54. The molecule has 0 aliphatic carbocycles. The number of hydrogen-bond acceptors (Lipinski definition) is 6. The van der Waals surface area contributed by atoms with Crippen molar-refractivity contribution in [2.45, 2.75) is 20.3 Å². The van der Waals surface area contributed by atoms with Gasteiger partial charge in [0.2, 0.25) is 5.88 Å². The second-order valence-electron chi connectivity index (χ2n) is 3.69. The van der Waals surface area contributed by atoms with E-state index in [1.54, 1.807) is 6.07 Å². The van der Waals surface area contributed by atoms with Gasteiger partial charge in [0.1, 0.15) is 21.9 Å². The highest BCUT2D eigenvalue weighted by molar-refractivity contribution is 7.17. The minimum absolute atomic E-state index is 0.459. The van der Waals surface area contributed by atoms with E-state index in [1.807, 2.05) is 13.8 Å². The molecule has 6 nitrogen and oxygen atoms in total. The Morgan fingerprint density at radius 2 is 2.21 bits per heavy atom. The molecule has 7 heteroatoms. The number of thiazole rings is 1. The molecule has 2 heterocycles. The van der Waals surface area contributed by atoms with Crippen LogP contribution in [-0.4, -0.2) is 27.5 Å². The summed E-state index contributed by atoms with van der Waals surface area (Å²) in [6.45, 7) is 4.34. The summed E-state index contributed by atoms with van der Waals surface area (Å²) >= 11 is 1.24. The van der Waals surface area contributed by atoms with Crippen molar-refractivity contribution in [1.82, 2.24) is 15.0 Å². The highest BCUT2D eigenvalue weighted by Crippen LogP contribution is 2.28. The zero-order valence-corrected chi connectivity index (χ0v) is 11.5. The molecule has 0 bridgehead atoms. The Morgan fingerprint density at radius 3 is 2.79 bits per heavy atom. The minimum atomic E-state index is -0.459. The van der Waals surface area contributed by atoms with Crippen molar-refractivity contribution in [3.8, 4) is 16.6 Å². The predicted octanol–water partition coefficient (Wildman–Crippen LogP) is 1.66. The fourth-order valence-electron chi connectivity index (χ4n) is 1.58. The van der Waals surface area contributed by atoms with Gasteiger partial charge in [-0.3, -0.25) is 4.79 Å². The summed E-state index contributed by atoms with van der Waals surface area (Å²) in [7, 11) is 0. The number of carbonyl (C=O) groups is 1. The van der Waals surface area contributed by atoms with Crippen LogP contribution in [0.15, 0.2) is 12.4 Å². The third-order valence-electron chi connectivity index (χ3n) is 2.41. The van der Waals surface area contributed by atoms with Gasteiger partial charge in [0.05, 0.1) is 12.3 Å². The lowest BCUT2D eigenvalue weighted by Gasteiger charge is -2.01. The lowest BCUT2D eigenvalue weighted by Crippen LogP contribution is -2.11. The Balaban J connectivity index is 2.41. The Labute approximate surface area is 114 Å². The Bertz CT molecular complexity index is 597. The number of primary amides is 1. The molecule has 0 aliphatic rings. The van der Waals surface area contributed by atoms with Crippen LogP contribution in [0.3, 0.4) is 0 Å². The van der Waals surface area contributed by atoms with E-state index in [2.05, 4.69) is 15.0 Å². The number of aryl methyl sites for hydroxylation is 1. The molecule has 0 fully saturated rings. The number of ether oxygens (including phenoxy) is 1. The summed E-state index contributed by atoms with van der Waals surface area (Å²) < 4.78 is 5.31. The quantitative estimate of drug-likeness (QED) is 0.898. The molecule has 100 valence electrons. The fourth-order valence-corrected chi connectivity index (χ4v) is 2.55. The van der Waals surface area contributed by atoms with Gasteiger partial charge in [0, 0.05) is 6.07 Å². The van der Waals surface area contributed by atoms with Gasteiger partial charge in [0.15, 0.2) is 0 Å². The predicted molar refractivity (Wildman–Crippen MR) is 72.2 cm³/mol. The van der Waals surface area contributed by atoms with Crippen LogP contribution >= 0.6 is 11.3 Å². The van der Waals surface area contributed by atoms with Gasteiger partial charge in [-0.2, -0.15) is 0 Å². The first kappa shape index (κ1) is 13.4. The maximum absolute atomic E-state index is 11.3. The van der Waals surface area contributed by atoms with Gasteiger partial charge in [-0.15, -0.1) is 11.3 Å². The van der Waals surface area contributed by atoms with Crippen LogP contribution in [0.2, 0.25) is 0 Å². The van der Waals surface area contributed by atoms with Gasteiger partial charge >= 0.3 is 0 Å². The maximum Gasteiger partial charge on any atom is 0.260 e. The van der Waals surface area contributed by atoms with E-state index in [0.29, 0.717) is 40.2 Å². The van der Waals surface area contributed by atoms with Crippen molar-refractivity contribution in [2.75, 3.05) is 6.61 Å². The number of nitrogens with two attached hydrogens (primary N) is 1. The highest BCUT2D eigenvalue weighted by atomic mass is 32.1. The first-order chi connectivity index (χ1) is 9.15. The normalized spacial score (nSPS) is 10.4. The molecule has 0 spiro atoms. The number of nitrogens with zero attached hydrogens (tertiary/aromatic N) is 3. The van der Waals surface area contributed by atoms with Crippen molar-refractivity contribution < 1.29 is 9.53 Å². The molecule has 0 radical (unpaired) electrons. The molecule has 2 aromatic heterocycles. The molecule has 2 aromatic rings. The summed E-state index contributed by atoms with van der Waals surface area (Å²) in [6.07, 6.45) is 2.06. The number of hydrogen-bond donors (Lipinski definition) is 1. The average molecular weight is 278 g/mol. The van der Waals surface area contributed by atoms with E-state index >= 15 is 0 Å². The number of carbonyl (C=O) groups excluding carboxylic acids is 1. The zero-order valence-electron chi connectivity index (χ0n) is 10.7. The van der Waals surface area contributed by atoms with Crippen molar-refractivity contribution in [3.63, 3.8) is 0 Å². The average Bonchev–Trinajstić information content (AvgIpc) is 2.84. The van der Waals surface area contributed by atoms with Gasteiger partial charge in [0.25, 0.3) is 5.91 Å². The topological polar surface area (TPSA) is 91.0 Å². The summed E-state index contributed by atoms with van der Waals surface area (Å²) in [4.78, 5) is 24.3. The molecule has 2 N–H and O–H groups in total. The zero-order chi connectivity index (χ0) is 13.8. The van der Waals surface area contributed by atoms with E-state index < -0.39 is 5.91 Å². The SMILES string of the molecule is CCOc1cc(-c2nc(CC)c(C(N)=O)s2)ncn1. The van der Waals surface area contributed by atoms with Crippen LogP contribution in [0.25, 0.3) is 10.7 Å². The molecule has 1 amide bonds. The Kier molecular flexibility index (Phi) is 4.06. The molecule has 2 rings (SSSR count). The van der Waals surface area contributed by atoms with Gasteiger partial charge in [-0.25, -0.2) is 15.0 Å². The smallest absolute Gasteiger partial charge is 0.260 e. The maximum atomic E-state index is 11.3. The number of amides is 1. The Morgan fingerprint density at radius 1 is 1.42 bits per heavy atom. The van der Waals surface area contributed by atoms with Crippen LogP contribution in [0.4, 0.5) is 0 Å².